The van der Waals surface area contributed by atoms with Crippen LogP contribution >= 0.6 is 0 Å². The molecule has 1 aliphatic carbocycles. The Morgan fingerprint density at radius 1 is 1.28 bits per heavy atom. The molecule has 0 saturated carbocycles. The molecule has 0 aromatic carbocycles. The van der Waals surface area contributed by atoms with Crippen LogP contribution in [0, 0.1) is 0 Å². The number of fused-ring (bicyclic) bond motifs is 1. The van der Waals surface area contributed by atoms with Gasteiger partial charge in [0.25, 0.3) is 0 Å². The van der Waals surface area contributed by atoms with E-state index in [0.29, 0.717) is 0 Å². The summed E-state index contributed by atoms with van der Waals surface area (Å²) in [5.74, 6) is 0. The van der Waals surface area contributed by atoms with Gasteiger partial charge in [-0.05, 0) is 25.7 Å². The van der Waals surface area contributed by atoms with Gasteiger partial charge >= 0.3 is 0 Å². The summed E-state index contributed by atoms with van der Waals surface area (Å²) in [4.78, 5) is 4.34. The van der Waals surface area contributed by atoms with E-state index < -0.39 is 24.5 Å². The summed E-state index contributed by atoms with van der Waals surface area (Å²) in [6.45, 7) is -0.300. The van der Waals surface area contributed by atoms with Gasteiger partial charge in [0, 0.05) is 5.69 Å². The molecule has 6 nitrogen and oxygen atoms in total. The van der Waals surface area contributed by atoms with Gasteiger partial charge in [0.15, 0.2) is 6.23 Å². The van der Waals surface area contributed by atoms with Gasteiger partial charge < -0.3 is 24.6 Å². The zero-order valence-corrected chi connectivity index (χ0v) is 10.1. The van der Waals surface area contributed by atoms with Crippen molar-refractivity contribution in [3.63, 3.8) is 0 Å². The minimum absolute atomic E-state index is 0.300. The molecule has 1 fully saturated rings. The molecule has 4 atom stereocenters. The normalized spacial score (nSPS) is 35.7. The maximum atomic E-state index is 10.00. The van der Waals surface area contributed by atoms with E-state index in [1.165, 1.54) is 0 Å². The number of aliphatic hydroxyl groups is 3. The van der Waals surface area contributed by atoms with E-state index in [4.69, 9.17) is 9.84 Å². The molecule has 18 heavy (non-hydrogen) atoms. The summed E-state index contributed by atoms with van der Waals surface area (Å²) < 4.78 is 7.32. The van der Waals surface area contributed by atoms with Crippen LogP contribution in [0.2, 0.25) is 0 Å². The standard InChI is InChI=1S/C12H18N2O4/c15-5-9-10(16)11(17)12(18-9)14-6-13-7-3-1-2-4-8(7)14/h6,9-12,15-17H,1-5H2. The molecule has 0 radical (unpaired) electrons. The van der Waals surface area contributed by atoms with Crippen LogP contribution in [-0.2, 0) is 17.6 Å². The molecule has 4 unspecified atom stereocenters. The molecule has 0 spiro atoms. The van der Waals surface area contributed by atoms with Crippen LogP contribution in [0.25, 0.3) is 0 Å². The maximum Gasteiger partial charge on any atom is 0.164 e. The lowest BCUT2D eigenvalue weighted by atomic mass is 10.0. The van der Waals surface area contributed by atoms with E-state index in [0.717, 1.165) is 37.1 Å². The fraction of sp³-hybridized carbons (Fsp3) is 0.750. The van der Waals surface area contributed by atoms with Gasteiger partial charge in [0.1, 0.15) is 18.3 Å². The zero-order chi connectivity index (χ0) is 12.7. The largest absolute Gasteiger partial charge is 0.394 e. The number of hydrogen-bond acceptors (Lipinski definition) is 5. The summed E-state index contributed by atoms with van der Waals surface area (Å²) >= 11 is 0. The molecule has 0 bridgehead atoms. The second kappa shape index (κ2) is 4.62. The second-order valence-corrected chi connectivity index (χ2v) is 4.98. The predicted molar refractivity (Wildman–Crippen MR) is 61.9 cm³/mol. The summed E-state index contributed by atoms with van der Waals surface area (Å²) in [5, 5.41) is 28.8. The first-order valence-electron chi connectivity index (χ1n) is 6.39. The van der Waals surface area contributed by atoms with Crippen molar-refractivity contribution >= 4 is 0 Å². The van der Waals surface area contributed by atoms with Crippen LogP contribution in [0.4, 0.5) is 0 Å². The Labute approximate surface area is 105 Å². The van der Waals surface area contributed by atoms with Crippen molar-refractivity contribution in [1.82, 2.24) is 9.55 Å². The Balaban J connectivity index is 1.89. The molecule has 6 heteroatoms. The smallest absolute Gasteiger partial charge is 0.164 e. The van der Waals surface area contributed by atoms with Gasteiger partial charge in [-0.3, -0.25) is 0 Å². The number of aliphatic hydroxyl groups excluding tert-OH is 3. The van der Waals surface area contributed by atoms with E-state index in [1.54, 1.807) is 10.9 Å². The quantitative estimate of drug-likeness (QED) is 0.654. The molecule has 0 amide bonds. The first kappa shape index (κ1) is 12.1. The Morgan fingerprint density at radius 2 is 2.06 bits per heavy atom. The van der Waals surface area contributed by atoms with E-state index in [9.17, 15) is 10.2 Å². The van der Waals surface area contributed by atoms with E-state index in [1.807, 2.05) is 0 Å². The molecule has 3 rings (SSSR count). The van der Waals surface area contributed by atoms with Gasteiger partial charge in [-0.25, -0.2) is 4.98 Å². The second-order valence-electron chi connectivity index (χ2n) is 4.98. The molecular weight excluding hydrogens is 236 g/mol. The van der Waals surface area contributed by atoms with Crippen molar-refractivity contribution in [2.45, 2.75) is 50.2 Å². The van der Waals surface area contributed by atoms with Crippen molar-refractivity contribution in [3.8, 4) is 0 Å². The van der Waals surface area contributed by atoms with Crippen LogP contribution in [0.5, 0.6) is 0 Å². The number of rotatable bonds is 2. The summed E-state index contributed by atoms with van der Waals surface area (Å²) in [7, 11) is 0. The molecule has 1 saturated heterocycles. The number of ether oxygens (including phenoxy) is 1. The van der Waals surface area contributed by atoms with E-state index in [2.05, 4.69) is 4.98 Å². The molecule has 2 aliphatic rings. The molecule has 2 heterocycles. The SMILES string of the molecule is OCC1OC(n2cnc3c2CCCC3)C(O)C1O. The van der Waals surface area contributed by atoms with Crippen LogP contribution < -0.4 is 0 Å². The van der Waals surface area contributed by atoms with Crippen LogP contribution in [0.1, 0.15) is 30.5 Å². The summed E-state index contributed by atoms with van der Waals surface area (Å²) in [6, 6.07) is 0. The lowest BCUT2D eigenvalue weighted by Crippen LogP contribution is -2.33. The molecule has 100 valence electrons. The zero-order valence-electron chi connectivity index (χ0n) is 10.1. The number of hydrogen-bond donors (Lipinski definition) is 3. The highest BCUT2D eigenvalue weighted by molar-refractivity contribution is 5.17. The Kier molecular flexibility index (Phi) is 3.11. The number of aryl methyl sites for hydroxylation is 1. The third-order valence-electron chi connectivity index (χ3n) is 3.85. The fourth-order valence-electron chi connectivity index (χ4n) is 2.82. The fourth-order valence-corrected chi connectivity index (χ4v) is 2.82. The van der Waals surface area contributed by atoms with E-state index in [-0.39, 0.29) is 6.61 Å². The first-order chi connectivity index (χ1) is 8.72. The minimum Gasteiger partial charge on any atom is -0.394 e. The minimum atomic E-state index is -1.05. The lowest BCUT2D eigenvalue weighted by molar-refractivity contribution is -0.0540. The van der Waals surface area contributed by atoms with Crippen LogP contribution in [-0.4, -0.2) is 49.8 Å². The van der Waals surface area contributed by atoms with Gasteiger partial charge in [0.2, 0.25) is 0 Å². The topological polar surface area (TPSA) is 87.7 Å². The number of aromatic nitrogens is 2. The maximum absolute atomic E-state index is 10.00. The highest BCUT2D eigenvalue weighted by Gasteiger charge is 2.44. The highest BCUT2D eigenvalue weighted by atomic mass is 16.6. The van der Waals surface area contributed by atoms with Gasteiger partial charge in [0.05, 0.1) is 18.6 Å². The van der Waals surface area contributed by atoms with Crippen molar-refractivity contribution in [2.75, 3.05) is 6.61 Å². The van der Waals surface area contributed by atoms with Gasteiger partial charge in [-0.1, -0.05) is 0 Å². The number of nitrogens with zero attached hydrogens (tertiary/aromatic N) is 2. The average Bonchev–Trinajstić information content (AvgIpc) is 2.93. The molecule has 1 aliphatic heterocycles. The van der Waals surface area contributed by atoms with Crippen molar-refractivity contribution < 1.29 is 20.1 Å². The van der Waals surface area contributed by atoms with Crippen LogP contribution in [0.3, 0.4) is 0 Å². The average molecular weight is 254 g/mol. The molecule has 3 N–H and O–H groups in total. The Morgan fingerprint density at radius 3 is 2.78 bits per heavy atom. The molecular formula is C12H18N2O4. The van der Waals surface area contributed by atoms with Gasteiger partial charge in [-0.2, -0.15) is 0 Å². The third-order valence-corrected chi connectivity index (χ3v) is 3.85. The summed E-state index contributed by atoms with van der Waals surface area (Å²) in [6.07, 6.45) is 2.32. The first-order valence-corrected chi connectivity index (χ1v) is 6.39. The number of imidazole rings is 1. The summed E-state index contributed by atoms with van der Waals surface area (Å²) in [5.41, 5.74) is 2.13. The van der Waals surface area contributed by atoms with Crippen LogP contribution in [0.15, 0.2) is 6.33 Å². The van der Waals surface area contributed by atoms with Crippen molar-refractivity contribution in [3.05, 3.63) is 17.7 Å². The van der Waals surface area contributed by atoms with Crippen molar-refractivity contribution in [2.24, 2.45) is 0 Å². The lowest BCUT2D eigenvalue weighted by Gasteiger charge is -2.21. The third kappa shape index (κ3) is 1.76. The molecule has 1 aromatic rings. The monoisotopic (exact) mass is 254 g/mol. The van der Waals surface area contributed by atoms with Crippen molar-refractivity contribution in [1.29, 1.82) is 0 Å². The Hall–Kier alpha value is -0.950. The highest BCUT2D eigenvalue weighted by Crippen LogP contribution is 2.32. The predicted octanol–water partition coefficient (Wildman–Crippen LogP) is -0.627. The van der Waals surface area contributed by atoms with Gasteiger partial charge in [-0.15, -0.1) is 0 Å². The van der Waals surface area contributed by atoms with E-state index >= 15 is 0 Å². The molecule has 1 aromatic heterocycles. The Bertz CT molecular complexity index is 434.